The predicted molar refractivity (Wildman–Crippen MR) is 57.0 cm³/mol. The lowest BCUT2D eigenvalue weighted by Gasteiger charge is -2.02. The van der Waals surface area contributed by atoms with Gasteiger partial charge in [-0.15, -0.1) is 0 Å². The Morgan fingerprint density at radius 3 is 2.73 bits per heavy atom. The first-order valence-electron chi connectivity index (χ1n) is 4.22. The highest BCUT2D eigenvalue weighted by atomic mass is 35.5. The number of phenolic OH excluding ortho intramolecular Hbond substituents is 1. The van der Waals surface area contributed by atoms with Crippen molar-refractivity contribution >= 4 is 11.6 Å². The van der Waals surface area contributed by atoms with Crippen LogP contribution in [0.4, 0.5) is 0 Å². The van der Waals surface area contributed by atoms with Crippen molar-refractivity contribution in [1.29, 1.82) is 0 Å². The molecule has 0 aliphatic heterocycles. The summed E-state index contributed by atoms with van der Waals surface area (Å²) in [5.74, 6) is 0.0908. The van der Waals surface area contributed by atoms with E-state index >= 15 is 0 Å². The second-order valence-corrected chi connectivity index (χ2v) is 3.35. The molecule has 15 heavy (non-hydrogen) atoms. The summed E-state index contributed by atoms with van der Waals surface area (Å²) in [4.78, 5) is 11.0. The zero-order valence-corrected chi connectivity index (χ0v) is 8.32. The molecule has 0 unspecified atom stereocenters. The van der Waals surface area contributed by atoms with E-state index in [0.29, 0.717) is 11.3 Å². The van der Waals surface area contributed by atoms with Crippen LogP contribution in [0.5, 0.6) is 5.75 Å². The van der Waals surface area contributed by atoms with E-state index < -0.39 is 5.56 Å². The number of rotatable bonds is 1. The van der Waals surface area contributed by atoms with Crippen LogP contribution in [-0.2, 0) is 0 Å². The number of aromatic hydroxyl groups is 1. The van der Waals surface area contributed by atoms with Crippen molar-refractivity contribution in [3.05, 3.63) is 45.7 Å². The van der Waals surface area contributed by atoms with E-state index in [4.69, 9.17) is 11.6 Å². The van der Waals surface area contributed by atoms with Crippen LogP contribution in [0, 0.1) is 0 Å². The number of nitrogens with zero attached hydrogens (tertiary/aromatic N) is 1. The summed E-state index contributed by atoms with van der Waals surface area (Å²) < 4.78 is 0. The van der Waals surface area contributed by atoms with E-state index in [-0.39, 0.29) is 10.8 Å². The molecule has 0 fully saturated rings. The molecular weight excluding hydrogens is 216 g/mol. The number of aromatic nitrogens is 2. The summed E-state index contributed by atoms with van der Waals surface area (Å²) >= 11 is 5.65. The normalized spacial score (nSPS) is 10.2. The Hall–Kier alpha value is -1.81. The van der Waals surface area contributed by atoms with Crippen LogP contribution < -0.4 is 5.56 Å². The molecule has 1 heterocycles. The van der Waals surface area contributed by atoms with Crippen LogP contribution >= 0.6 is 11.6 Å². The number of aromatic amines is 1. The molecule has 1 aromatic heterocycles. The molecule has 4 nitrogen and oxygen atoms in total. The van der Waals surface area contributed by atoms with E-state index in [1.165, 1.54) is 12.1 Å². The number of hydrogen-bond acceptors (Lipinski definition) is 3. The second kappa shape index (κ2) is 3.74. The number of benzene rings is 1. The zero-order valence-electron chi connectivity index (χ0n) is 7.57. The van der Waals surface area contributed by atoms with Gasteiger partial charge >= 0.3 is 0 Å². The van der Waals surface area contributed by atoms with Gasteiger partial charge in [0.05, 0.1) is 5.69 Å². The average molecular weight is 223 g/mol. The molecule has 0 aliphatic rings. The van der Waals surface area contributed by atoms with Crippen molar-refractivity contribution in [2.45, 2.75) is 0 Å². The lowest BCUT2D eigenvalue weighted by molar-refractivity contribution is 0.477. The highest BCUT2D eigenvalue weighted by Gasteiger charge is 2.06. The van der Waals surface area contributed by atoms with Crippen LogP contribution in [0.2, 0.25) is 5.02 Å². The minimum Gasteiger partial charge on any atom is -0.507 e. The molecule has 0 atom stereocenters. The molecule has 2 aromatic rings. The summed E-state index contributed by atoms with van der Waals surface area (Å²) in [6.07, 6.45) is 0. The number of H-pyrrole nitrogens is 1. The number of para-hydroxylation sites is 1. The van der Waals surface area contributed by atoms with Gasteiger partial charge in [-0.1, -0.05) is 23.7 Å². The lowest BCUT2D eigenvalue weighted by Crippen LogP contribution is -2.08. The Morgan fingerprint density at radius 2 is 2.07 bits per heavy atom. The molecule has 2 N–H and O–H groups in total. The first-order chi connectivity index (χ1) is 7.18. The summed E-state index contributed by atoms with van der Waals surface area (Å²) in [6.45, 7) is 0. The Kier molecular flexibility index (Phi) is 2.43. The first-order valence-corrected chi connectivity index (χ1v) is 4.60. The summed E-state index contributed by atoms with van der Waals surface area (Å²) in [6, 6.07) is 8.10. The predicted octanol–water partition coefficient (Wildman–Crippen LogP) is 1.80. The molecule has 0 radical (unpaired) electrons. The number of phenols is 1. The van der Waals surface area contributed by atoms with Crippen LogP contribution in [0.15, 0.2) is 35.1 Å². The summed E-state index contributed by atoms with van der Waals surface area (Å²) in [5.41, 5.74) is 0.504. The van der Waals surface area contributed by atoms with Gasteiger partial charge in [0.25, 0.3) is 5.56 Å². The van der Waals surface area contributed by atoms with Crippen LogP contribution in [-0.4, -0.2) is 15.3 Å². The van der Waals surface area contributed by atoms with Crippen molar-refractivity contribution in [3.63, 3.8) is 0 Å². The molecule has 0 saturated heterocycles. The van der Waals surface area contributed by atoms with Gasteiger partial charge in [-0.25, -0.2) is 5.10 Å². The summed E-state index contributed by atoms with van der Waals surface area (Å²) in [7, 11) is 0. The fraction of sp³-hybridized carbons (Fsp3) is 0. The molecule has 0 aliphatic carbocycles. The van der Waals surface area contributed by atoms with E-state index in [9.17, 15) is 9.90 Å². The maximum atomic E-state index is 11.0. The molecule has 0 bridgehead atoms. The third-order valence-electron chi connectivity index (χ3n) is 1.94. The lowest BCUT2D eigenvalue weighted by atomic mass is 10.1. The van der Waals surface area contributed by atoms with Crippen molar-refractivity contribution < 1.29 is 5.11 Å². The van der Waals surface area contributed by atoms with Crippen molar-refractivity contribution in [2.24, 2.45) is 0 Å². The number of nitrogens with one attached hydrogen (secondary N) is 1. The number of hydrogen-bond donors (Lipinski definition) is 2. The standard InChI is InChI=1S/C10H7ClN2O2/c11-7-5-8(12-13-10(7)15)6-3-1-2-4-9(6)14/h1-5,14H,(H,13,15). The Labute approximate surface area is 90.2 Å². The van der Waals surface area contributed by atoms with Gasteiger partial charge < -0.3 is 5.11 Å². The zero-order chi connectivity index (χ0) is 10.8. The Balaban J connectivity index is 2.60. The third-order valence-corrected chi connectivity index (χ3v) is 2.22. The Morgan fingerprint density at radius 1 is 1.33 bits per heavy atom. The number of halogens is 1. The van der Waals surface area contributed by atoms with E-state index in [1.54, 1.807) is 18.2 Å². The van der Waals surface area contributed by atoms with Gasteiger partial charge in [0.2, 0.25) is 0 Å². The quantitative estimate of drug-likeness (QED) is 0.773. The fourth-order valence-electron chi connectivity index (χ4n) is 1.21. The van der Waals surface area contributed by atoms with E-state index in [2.05, 4.69) is 10.2 Å². The van der Waals surface area contributed by atoms with E-state index in [1.807, 2.05) is 0 Å². The van der Waals surface area contributed by atoms with Crippen molar-refractivity contribution in [1.82, 2.24) is 10.2 Å². The second-order valence-electron chi connectivity index (χ2n) is 2.95. The largest absolute Gasteiger partial charge is 0.507 e. The van der Waals surface area contributed by atoms with Gasteiger partial charge in [-0.3, -0.25) is 4.79 Å². The minimum absolute atomic E-state index is 0.0447. The average Bonchev–Trinajstić information content (AvgIpc) is 2.23. The third kappa shape index (κ3) is 1.85. The molecule has 0 amide bonds. The van der Waals surface area contributed by atoms with Crippen LogP contribution in [0.25, 0.3) is 11.3 Å². The molecule has 0 spiro atoms. The molecule has 1 aromatic carbocycles. The SMILES string of the molecule is O=c1[nH]nc(-c2ccccc2O)cc1Cl. The molecule has 76 valence electrons. The van der Waals surface area contributed by atoms with Crippen molar-refractivity contribution in [2.75, 3.05) is 0 Å². The van der Waals surface area contributed by atoms with Gasteiger partial charge in [-0.05, 0) is 18.2 Å². The van der Waals surface area contributed by atoms with Crippen LogP contribution in [0.1, 0.15) is 0 Å². The highest BCUT2D eigenvalue weighted by Crippen LogP contribution is 2.26. The van der Waals surface area contributed by atoms with Gasteiger partial charge in [0.1, 0.15) is 10.8 Å². The monoisotopic (exact) mass is 222 g/mol. The summed E-state index contributed by atoms with van der Waals surface area (Å²) in [5, 5.41) is 15.6. The molecule has 5 heteroatoms. The topological polar surface area (TPSA) is 66.0 Å². The van der Waals surface area contributed by atoms with E-state index in [0.717, 1.165) is 0 Å². The van der Waals surface area contributed by atoms with Crippen LogP contribution in [0.3, 0.4) is 0 Å². The van der Waals surface area contributed by atoms with Gasteiger partial charge in [-0.2, -0.15) is 5.10 Å². The molecular formula is C10H7ClN2O2. The molecule has 2 rings (SSSR count). The smallest absolute Gasteiger partial charge is 0.282 e. The Bertz CT molecular complexity index is 551. The molecule has 0 saturated carbocycles. The van der Waals surface area contributed by atoms with Gasteiger partial charge in [0.15, 0.2) is 0 Å². The maximum Gasteiger partial charge on any atom is 0.282 e. The van der Waals surface area contributed by atoms with Crippen molar-refractivity contribution in [3.8, 4) is 17.0 Å². The first kappa shape index (κ1) is 9.73. The maximum absolute atomic E-state index is 11.0. The highest BCUT2D eigenvalue weighted by molar-refractivity contribution is 6.30. The fourth-order valence-corrected chi connectivity index (χ4v) is 1.36. The van der Waals surface area contributed by atoms with Gasteiger partial charge in [0, 0.05) is 5.56 Å². The minimum atomic E-state index is -0.448.